The van der Waals surface area contributed by atoms with Crippen LogP contribution in [0.2, 0.25) is 0 Å². The Morgan fingerprint density at radius 2 is 1.94 bits per heavy atom. The molecule has 1 aromatic heterocycles. The number of benzene rings is 2. The Hall–Kier alpha value is -2.44. The minimum Gasteiger partial charge on any atom is -0.497 e. The van der Waals surface area contributed by atoms with Crippen LogP contribution in [-0.4, -0.2) is 43.0 Å². The Kier molecular flexibility index (Phi) is 6.30. The summed E-state index contributed by atoms with van der Waals surface area (Å²) in [4.78, 5) is 19.8. The Morgan fingerprint density at radius 1 is 1.19 bits per heavy atom. The summed E-state index contributed by atoms with van der Waals surface area (Å²) in [6, 6.07) is 13.7. The van der Waals surface area contributed by atoms with Gasteiger partial charge in [0, 0.05) is 21.6 Å². The third kappa shape index (κ3) is 4.75. The predicted molar refractivity (Wildman–Crippen MR) is 128 cm³/mol. The molecule has 0 atom stereocenters. The highest BCUT2D eigenvalue weighted by molar-refractivity contribution is 9.10. The molecule has 0 spiro atoms. The highest BCUT2D eigenvalue weighted by Gasteiger charge is 2.47. The van der Waals surface area contributed by atoms with E-state index in [2.05, 4.69) is 50.3 Å². The maximum Gasteiger partial charge on any atom is 0.252 e. The molecule has 2 aromatic carbocycles. The molecule has 0 radical (unpaired) electrons. The monoisotopic (exact) mass is 481 g/mol. The highest BCUT2D eigenvalue weighted by Crippen LogP contribution is 2.48. The summed E-state index contributed by atoms with van der Waals surface area (Å²) >= 11 is 3.58. The maximum atomic E-state index is 13.0. The van der Waals surface area contributed by atoms with E-state index in [1.54, 1.807) is 19.4 Å². The fraction of sp³-hybridized carbons (Fsp3) is 0.360. The van der Waals surface area contributed by atoms with Gasteiger partial charge in [-0.25, -0.2) is 0 Å². The number of carbonyl (C=O) groups is 1. The maximum absolute atomic E-state index is 13.0. The van der Waals surface area contributed by atoms with E-state index in [1.807, 2.05) is 31.2 Å². The number of amides is 1. The lowest BCUT2D eigenvalue weighted by Crippen LogP contribution is -2.35. The molecule has 1 amide bonds. The first kappa shape index (κ1) is 21.8. The molecular formula is C25H28BrN3O2. The van der Waals surface area contributed by atoms with Gasteiger partial charge in [0.1, 0.15) is 5.75 Å². The Labute approximate surface area is 191 Å². The van der Waals surface area contributed by atoms with Crippen LogP contribution in [0.25, 0.3) is 10.9 Å². The van der Waals surface area contributed by atoms with Crippen molar-refractivity contribution in [3.05, 3.63) is 69.8 Å². The number of halogens is 1. The number of fused-ring (bicyclic) bond motifs is 1. The Morgan fingerprint density at radius 3 is 2.55 bits per heavy atom. The van der Waals surface area contributed by atoms with E-state index in [1.165, 1.54) is 19.5 Å². The third-order valence-corrected chi connectivity index (χ3v) is 6.53. The van der Waals surface area contributed by atoms with E-state index >= 15 is 0 Å². The van der Waals surface area contributed by atoms with E-state index in [-0.39, 0.29) is 11.4 Å². The van der Waals surface area contributed by atoms with Crippen LogP contribution in [0.5, 0.6) is 5.75 Å². The minimum absolute atomic E-state index is 0.0732. The standard InChI is InChI=1S/C21H19BrN2O2.C4H9N/c1-13-5-6-15(26-2)12-17(13)20(25)24-21(7-8-21)18-10-14(22)11-19-16(18)4-3-9-23-19;1-5-3-2-4-5/h3-6,9-12H,7-8H2,1-2H3,(H,24,25);2-4H2,1H3. The normalized spacial score (nSPS) is 16.6. The second kappa shape index (κ2) is 8.97. The Balaban J connectivity index is 0.000000407. The number of likely N-dealkylation sites (tertiary alicyclic amines) is 1. The third-order valence-electron chi connectivity index (χ3n) is 6.07. The molecule has 1 saturated heterocycles. The first-order valence-corrected chi connectivity index (χ1v) is 11.4. The van der Waals surface area contributed by atoms with Crippen LogP contribution >= 0.6 is 15.9 Å². The molecule has 0 bridgehead atoms. The Bertz CT molecular complexity index is 1110. The van der Waals surface area contributed by atoms with Crippen molar-refractivity contribution in [3.63, 3.8) is 0 Å². The molecule has 5 nitrogen and oxygen atoms in total. The fourth-order valence-corrected chi connectivity index (χ4v) is 4.31. The van der Waals surface area contributed by atoms with Gasteiger partial charge in [0.2, 0.25) is 0 Å². The molecule has 1 aliphatic carbocycles. The molecule has 162 valence electrons. The van der Waals surface area contributed by atoms with Crippen LogP contribution in [0.3, 0.4) is 0 Å². The minimum atomic E-state index is -0.336. The summed E-state index contributed by atoms with van der Waals surface area (Å²) in [5.74, 6) is 0.610. The second-order valence-electron chi connectivity index (χ2n) is 8.40. The summed E-state index contributed by atoms with van der Waals surface area (Å²) in [6.45, 7) is 4.58. The smallest absolute Gasteiger partial charge is 0.252 e. The molecule has 2 heterocycles. The first-order valence-electron chi connectivity index (χ1n) is 10.6. The number of methoxy groups -OCH3 is 1. The molecule has 0 unspecified atom stereocenters. The van der Waals surface area contributed by atoms with Crippen molar-refractivity contribution in [1.82, 2.24) is 15.2 Å². The zero-order chi connectivity index (χ0) is 22.0. The number of hydrogen-bond donors (Lipinski definition) is 1. The number of carbonyl (C=O) groups excluding carboxylic acids is 1. The lowest BCUT2D eigenvalue weighted by atomic mass is 9.98. The average molecular weight is 482 g/mol. The van der Waals surface area contributed by atoms with E-state index in [0.29, 0.717) is 11.3 Å². The number of nitrogens with one attached hydrogen (secondary N) is 1. The summed E-state index contributed by atoms with van der Waals surface area (Å²) in [5, 5.41) is 4.35. The van der Waals surface area contributed by atoms with E-state index in [4.69, 9.17) is 4.74 Å². The zero-order valence-electron chi connectivity index (χ0n) is 18.2. The fourth-order valence-electron chi connectivity index (χ4n) is 3.86. The number of ether oxygens (including phenoxy) is 1. The van der Waals surface area contributed by atoms with Gasteiger partial charge in [-0.1, -0.05) is 28.1 Å². The van der Waals surface area contributed by atoms with Crippen LogP contribution in [0.1, 0.15) is 40.7 Å². The van der Waals surface area contributed by atoms with Gasteiger partial charge < -0.3 is 15.0 Å². The number of nitrogens with zero attached hydrogens (tertiary/aromatic N) is 2. The van der Waals surface area contributed by atoms with Crippen LogP contribution in [0.15, 0.2) is 53.1 Å². The van der Waals surface area contributed by atoms with Gasteiger partial charge in [-0.05, 0) is 87.8 Å². The van der Waals surface area contributed by atoms with Gasteiger partial charge in [0.05, 0.1) is 18.2 Å². The molecule has 2 aliphatic rings. The molecule has 1 saturated carbocycles. The number of rotatable bonds is 4. The summed E-state index contributed by atoms with van der Waals surface area (Å²) in [6.07, 6.45) is 5.04. The lowest BCUT2D eigenvalue weighted by Gasteiger charge is -2.24. The van der Waals surface area contributed by atoms with Crippen LogP contribution in [0.4, 0.5) is 0 Å². The molecule has 3 aromatic rings. The van der Waals surface area contributed by atoms with Crippen molar-refractivity contribution in [2.45, 2.75) is 31.7 Å². The summed E-state index contributed by atoms with van der Waals surface area (Å²) < 4.78 is 6.24. The van der Waals surface area contributed by atoms with Crippen molar-refractivity contribution >= 4 is 32.7 Å². The second-order valence-corrected chi connectivity index (χ2v) is 9.31. The molecular weight excluding hydrogens is 454 g/mol. The van der Waals surface area contributed by atoms with Gasteiger partial charge in [0.15, 0.2) is 0 Å². The zero-order valence-corrected chi connectivity index (χ0v) is 19.8. The van der Waals surface area contributed by atoms with Crippen molar-refractivity contribution in [3.8, 4) is 5.75 Å². The van der Waals surface area contributed by atoms with Crippen LogP contribution < -0.4 is 10.1 Å². The van der Waals surface area contributed by atoms with Crippen molar-refractivity contribution < 1.29 is 9.53 Å². The van der Waals surface area contributed by atoms with Gasteiger partial charge in [-0.2, -0.15) is 0 Å². The number of aromatic nitrogens is 1. The van der Waals surface area contributed by atoms with Crippen molar-refractivity contribution in [2.75, 3.05) is 27.2 Å². The highest BCUT2D eigenvalue weighted by atomic mass is 79.9. The van der Waals surface area contributed by atoms with Crippen LogP contribution in [-0.2, 0) is 5.54 Å². The number of pyridine rings is 1. The topological polar surface area (TPSA) is 54.5 Å². The van der Waals surface area contributed by atoms with Gasteiger partial charge in [-0.15, -0.1) is 0 Å². The average Bonchev–Trinajstić information content (AvgIpc) is 3.52. The van der Waals surface area contributed by atoms with Crippen molar-refractivity contribution in [2.24, 2.45) is 0 Å². The molecule has 6 heteroatoms. The largest absolute Gasteiger partial charge is 0.497 e. The summed E-state index contributed by atoms with van der Waals surface area (Å²) in [5.41, 5.74) is 3.28. The van der Waals surface area contributed by atoms with E-state index in [0.717, 1.165) is 39.3 Å². The quantitative estimate of drug-likeness (QED) is 0.565. The van der Waals surface area contributed by atoms with Gasteiger partial charge >= 0.3 is 0 Å². The molecule has 31 heavy (non-hydrogen) atoms. The molecule has 5 rings (SSSR count). The van der Waals surface area contributed by atoms with Gasteiger partial charge in [0.25, 0.3) is 5.91 Å². The number of aryl methyl sites for hydroxylation is 1. The van der Waals surface area contributed by atoms with E-state index < -0.39 is 0 Å². The van der Waals surface area contributed by atoms with E-state index in [9.17, 15) is 4.79 Å². The molecule has 1 N–H and O–H groups in total. The lowest BCUT2D eigenvalue weighted by molar-refractivity contribution is 0.0930. The molecule has 1 aliphatic heterocycles. The number of hydrogen-bond acceptors (Lipinski definition) is 4. The first-order chi connectivity index (χ1) is 14.9. The van der Waals surface area contributed by atoms with Crippen molar-refractivity contribution in [1.29, 1.82) is 0 Å². The summed E-state index contributed by atoms with van der Waals surface area (Å²) in [7, 11) is 3.75. The van der Waals surface area contributed by atoms with Gasteiger partial charge in [-0.3, -0.25) is 9.78 Å². The SMILES string of the molecule is CN1CCC1.COc1ccc(C)c(C(=O)NC2(c3cc(Br)cc4ncccc34)CC2)c1. The van der Waals surface area contributed by atoms with Crippen LogP contribution in [0, 0.1) is 6.92 Å². The predicted octanol–water partition coefficient (Wildman–Crippen LogP) is 5.06. The molecule has 2 fully saturated rings.